The molecule has 654 valence electrons. The van der Waals surface area contributed by atoms with Gasteiger partial charge in [-0.05, 0) is 173 Å². The average molecular weight is 1690 g/mol. The standard InChI is InChI=1S/C78H127N25O13S2/c1-7-47(6)62(81)73(114)99-56(41-45(2)3)70(111)98-57(42-49-30-32-50(104)33-31-49)71(112)102-63(46(4)5)74(115)100-58(43-48-21-9-8-10-22-48)75(116)103-40-20-28-60(103)72(113)97-52(24-12-15-35-80)66(107)93-51(23-11-14-34-79)65(106)94-53(25-17-37-90-76(83)84)67(108)95-54(26-18-38-91-77(85)86)68(109)96-55(27-19-39-92-78(87)88)69(110)101-59(64(82)105)44-117-118-61-29-13-16-36-89-61/h8-10,13,16,21-22,29-33,36,45-47,51-60,62-63,104H,7,11-12,14-15,17-20,23-28,34-35,37-44,79-81H2,1-6H3,(H2,82,105)(H,93,107)(H,94,106)(H,95,108)(H,96,109)(H,97,113)(H,98,111)(H,99,114)(H,100,115)(H,101,110)(H,102,112)(H4,83,84,90)(H4,85,86,91)(H4,87,88,92)/t47-,51-,52-,53-,54-,55-,56-,57-,58-,59-,60-,62-,63-/m0/s1. The van der Waals surface area contributed by atoms with Gasteiger partial charge in [0, 0.05) is 51.0 Å². The Morgan fingerprint density at radius 3 is 1.36 bits per heavy atom. The number of carbonyl (C=O) groups excluding carboxylic acids is 12. The van der Waals surface area contributed by atoms with Crippen molar-refractivity contribution in [2.45, 2.75) is 235 Å². The van der Waals surface area contributed by atoms with Gasteiger partial charge in [0.15, 0.2) is 17.9 Å². The highest BCUT2D eigenvalue weighted by atomic mass is 33.1. The van der Waals surface area contributed by atoms with Gasteiger partial charge in [-0.15, -0.1) is 0 Å². The number of rotatable bonds is 55. The van der Waals surface area contributed by atoms with Gasteiger partial charge in [0.2, 0.25) is 70.9 Å². The Bertz CT molecular complexity index is 3780. The molecule has 3 aromatic rings. The zero-order chi connectivity index (χ0) is 87.4. The van der Waals surface area contributed by atoms with E-state index in [0.29, 0.717) is 48.3 Å². The normalized spacial score (nSPS) is 15.5. The maximum absolute atomic E-state index is 15.3. The second-order valence-electron chi connectivity index (χ2n) is 29.9. The molecule has 2 heterocycles. The predicted octanol–water partition coefficient (Wildman–Crippen LogP) is -2.17. The molecular formula is C78H127N25O13S2. The Balaban J connectivity index is 1.66. The minimum Gasteiger partial charge on any atom is -0.508 e. The number of unbranched alkanes of at least 4 members (excludes halogenated alkanes) is 2. The SMILES string of the molecule is CC[C@H](C)[C@H](N)C(=O)N[C@@H](CC(C)C)C(=O)N[C@@H](Cc1ccc(O)cc1)C(=O)N[C@H](C(=O)N[C@@H](Cc1ccccc1)C(=O)N1CCC[C@H]1C(=O)N[C@@H](CCCCN)C(=O)N[C@@H](CCCCN)C(=O)N[C@@H](CCCN=C(N)N)C(=O)N[C@@H](CCCN=C(N)N)C(=O)N[C@@H](CCCN=C(N)N)C(=O)N[C@@H](CSSc1ccccn1)C(N)=O)C(C)C. The van der Waals surface area contributed by atoms with Crippen molar-refractivity contribution in [1.29, 1.82) is 0 Å². The maximum atomic E-state index is 15.3. The molecule has 0 unspecified atom stereocenters. The van der Waals surface area contributed by atoms with Gasteiger partial charge in [0.25, 0.3) is 0 Å². The van der Waals surface area contributed by atoms with E-state index in [0.717, 1.165) is 0 Å². The average Bonchev–Trinajstić information content (AvgIpc) is 1.66. The summed E-state index contributed by atoms with van der Waals surface area (Å²) in [6.45, 7) is 11.3. The van der Waals surface area contributed by atoms with Crippen LogP contribution in [0.25, 0.3) is 0 Å². The summed E-state index contributed by atoms with van der Waals surface area (Å²) in [6.07, 6.45) is 3.93. The first-order valence-corrected chi connectivity index (χ1v) is 42.5. The van der Waals surface area contributed by atoms with E-state index in [1.807, 2.05) is 27.7 Å². The van der Waals surface area contributed by atoms with E-state index in [1.54, 1.807) is 80.7 Å². The van der Waals surface area contributed by atoms with Crippen molar-refractivity contribution in [3.63, 3.8) is 0 Å². The van der Waals surface area contributed by atoms with Gasteiger partial charge >= 0.3 is 0 Å². The molecule has 0 saturated carbocycles. The van der Waals surface area contributed by atoms with E-state index in [1.165, 1.54) is 38.6 Å². The molecule has 0 bridgehead atoms. The molecule has 0 radical (unpaired) electrons. The summed E-state index contributed by atoms with van der Waals surface area (Å²) in [5, 5.41) is 38.5. The number of primary amides is 1. The molecule has 38 nitrogen and oxygen atoms in total. The zero-order valence-electron chi connectivity index (χ0n) is 68.5. The molecule has 2 aromatic carbocycles. The van der Waals surface area contributed by atoms with Crippen LogP contribution in [0, 0.1) is 17.8 Å². The number of amides is 12. The van der Waals surface area contributed by atoms with E-state index < -0.39 is 149 Å². The molecule has 1 aliphatic heterocycles. The van der Waals surface area contributed by atoms with Crippen molar-refractivity contribution >= 4 is 110 Å². The Morgan fingerprint density at radius 2 is 0.915 bits per heavy atom. The number of aliphatic imine (C=N–C) groups is 3. The summed E-state index contributed by atoms with van der Waals surface area (Å²) < 4.78 is 0. The van der Waals surface area contributed by atoms with Gasteiger partial charge in [-0.2, -0.15) is 0 Å². The van der Waals surface area contributed by atoms with Gasteiger partial charge in [-0.25, -0.2) is 4.98 Å². The molecule has 31 N–H and O–H groups in total. The molecule has 1 saturated heterocycles. The van der Waals surface area contributed by atoms with Crippen LogP contribution < -0.4 is 111 Å². The van der Waals surface area contributed by atoms with Crippen molar-refractivity contribution < 1.29 is 62.6 Å². The zero-order valence-corrected chi connectivity index (χ0v) is 70.1. The summed E-state index contributed by atoms with van der Waals surface area (Å²) in [4.78, 5) is 192. The molecule has 40 heteroatoms. The van der Waals surface area contributed by atoms with Gasteiger partial charge in [0.1, 0.15) is 77.2 Å². The lowest BCUT2D eigenvalue weighted by Gasteiger charge is -2.32. The molecular weight excluding hydrogens is 1560 g/mol. The predicted molar refractivity (Wildman–Crippen MR) is 455 cm³/mol. The highest BCUT2D eigenvalue weighted by Crippen LogP contribution is 2.30. The minimum atomic E-state index is -1.47. The summed E-state index contributed by atoms with van der Waals surface area (Å²) >= 11 is 0. The van der Waals surface area contributed by atoms with Crippen LogP contribution in [-0.4, -0.2) is 221 Å². The van der Waals surface area contributed by atoms with E-state index in [9.17, 15) is 57.8 Å². The number of hydrogen-bond donors (Lipinski definition) is 21. The number of aromatic nitrogens is 1. The number of nitrogens with two attached hydrogens (primary N) is 10. The van der Waals surface area contributed by atoms with Gasteiger partial charge < -0.3 is 121 Å². The molecule has 4 rings (SSSR count). The topological polar surface area (TPSA) is 659 Å². The number of pyridine rings is 1. The number of hydrogen-bond acceptors (Lipinski definition) is 22. The van der Waals surface area contributed by atoms with Crippen molar-refractivity contribution in [3.05, 3.63) is 90.1 Å². The number of guanidine groups is 3. The third-order valence-corrected chi connectivity index (χ3v) is 21.7. The lowest BCUT2D eigenvalue weighted by molar-refractivity contribution is -0.142. The summed E-state index contributed by atoms with van der Waals surface area (Å²) in [7, 11) is 2.44. The number of nitrogens with zero attached hydrogens (tertiary/aromatic N) is 5. The first kappa shape index (κ1) is 99.8. The van der Waals surface area contributed by atoms with Crippen LogP contribution in [0.3, 0.4) is 0 Å². The van der Waals surface area contributed by atoms with Gasteiger partial charge in [-0.1, -0.05) is 107 Å². The summed E-state index contributed by atoms with van der Waals surface area (Å²) in [5.74, 6) is -11.0. The Labute approximate surface area is 698 Å². The smallest absolute Gasteiger partial charge is 0.246 e. The number of likely N-dealkylation sites (tertiary alicyclic amines) is 1. The second kappa shape index (κ2) is 53.7. The number of nitrogens with one attached hydrogen (secondary N) is 10. The number of aromatic hydroxyl groups is 1. The molecule has 1 aromatic heterocycles. The van der Waals surface area contributed by atoms with E-state index >= 15 is 4.79 Å². The monoisotopic (exact) mass is 1690 g/mol. The van der Waals surface area contributed by atoms with E-state index in [2.05, 4.69) is 73.1 Å². The third kappa shape index (κ3) is 36.9. The number of benzene rings is 2. The van der Waals surface area contributed by atoms with Crippen LogP contribution in [0.4, 0.5) is 0 Å². The Morgan fingerprint density at radius 1 is 0.492 bits per heavy atom. The molecule has 0 spiro atoms. The fourth-order valence-electron chi connectivity index (χ4n) is 12.7. The highest BCUT2D eigenvalue weighted by molar-refractivity contribution is 8.76. The van der Waals surface area contributed by atoms with E-state index in [-0.39, 0.29) is 164 Å². The maximum Gasteiger partial charge on any atom is 0.246 e. The van der Waals surface area contributed by atoms with Crippen LogP contribution in [0.15, 0.2) is 99.0 Å². The fraction of sp³-hybridized carbons (Fsp3) is 0.590. The first-order valence-electron chi connectivity index (χ1n) is 40.1. The van der Waals surface area contributed by atoms with E-state index in [4.69, 9.17) is 57.3 Å². The largest absolute Gasteiger partial charge is 0.508 e. The molecule has 118 heavy (non-hydrogen) atoms. The molecule has 0 aliphatic carbocycles. The van der Waals surface area contributed by atoms with Crippen LogP contribution in [0.5, 0.6) is 5.75 Å². The van der Waals surface area contributed by atoms with Crippen LogP contribution in [0.2, 0.25) is 0 Å². The molecule has 13 atom stereocenters. The van der Waals surface area contributed by atoms with Crippen molar-refractivity contribution in [2.75, 3.05) is 45.0 Å². The Hall–Kier alpha value is -10.6. The molecule has 1 fully saturated rings. The fourth-order valence-corrected chi connectivity index (χ4v) is 14.7. The number of phenols is 1. The lowest BCUT2D eigenvalue weighted by atomic mass is 9.97. The number of phenolic OH excluding ortho intramolecular Hbond substituents is 1. The summed E-state index contributed by atoms with van der Waals surface area (Å²) in [6, 6.07) is 4.48. The molecule has 1 aliphatic rings. The van der Waals surface area contributed by atoms with Crippen molar-refractivity contribution in [2.24, 2.45) is 90.1 Å². The first-order chi connectivity index (χ1) is 56.2. The third-order valence-electron chi connectivity index (χ3n) is 19.5. The summed E-state index contributed by atoms with van der Waals surface area (Å²) in [5.41, 5.74) is 58.8. The highest BCUT2D eigenvalue weighted by Gasteiger charge is 2.42. The van der Waals surface area contributed by atoms with Crippen molar-refractivity contribution in [1.82, 2.24) is 63.1 Å². The van der Waals surface area contributed by atoms with Crippen LogP contribution in [-0.2, 0) is 70.4 Å². The Kier molecular flexibility index (Phi) is 45.4. The van der Waals surface area contributed by atoms with Gasteiger partial charge in [-0.3, -0.25) is 72.5 Å². The van der Waals surface area contributed by atoms with Crippen LogP contribution in [0.1, 0.15) is 155 Å². The van der Waals surface area contributed by atoms with Crippen molar-refractivity contribution in [3.8, 4) is 5.75 Å². The lowest BCUT2D eigenvalue weighted by Crippen LogP contribution is -2.61. The quantitative estimate of drug-likeness (QED) is 0.0124. The van der Waals surface area contributed by atoms with Gasteiger partial charge in [0.05, 0.1) is 6.04 Å². The minimum absolute atomic E-state index is 0.00105. The molecule has 12 amide bonds. The number of carbonyl (C=O) groups is 12. The second-order valence-corrected chi connectivity index (χ2v) is 32.3. The van der Waals surface area contributed by atoms with Crippen LogP contribution >= 0.6 is 21.6 Å².